The van der Waals surface area contributed by atoms with Gasteiger partial charge in [0.2, 0.25) is 11.8 Å². The molecule has 0 radical (unpaired) electrons. The van der Waals surface area contributed by atoms with Crippen molar-refractivity contribution in [2.75, 3.05) is 12.3 Å². The summed E-state index contributed by atoms with van der Waals surface area (Å²) in [5.41, 5.74) is -0.0908. The molecule has 1 aliphatic rings. The van der Waals surface area contributed by atoms with Crippen molar-refractivity contribution in [3.63, 3.8) is 0 Å². The lowest BCUT2D eigenvalue weighted by Crippen LogP contribution is -2.31. The summed E-state index contributed by atoms with van der Waals surface area (Å²) in [6.45, 7) is 4.40. The molecular formula is C15H15N3O3S2. The molecule has 6 nitrogen and oxygen atoms in total. The van der Waals surface area contributed by atoms with Crippen LogP contribution in [-0.4, -0.2) is 38.6 Å². The van der Waals surface area contributed by atoms with E-state index in [0.29, 0.717) is 47.1 Å². The van der Waals surface area contributed by atoms with Gasteiger partial charge in [-0.25, -0.2) is 4.98 Å². The van der Waals surface area contributed by atoms with Gasteiger partial charge in [-0.05, 0) is 11.4 Å². The van der Waals surface area contributed by atoms with Crippen LogP contribution in [0.2, 0.25) is 0 Å². The molecule has 2 amide bonds. The monoisotopic (exact) mass is 349 g/mol. The summed E-state index contributed by atoms with van der Waals surface area (Å²) >= 11 is 2.79. The fraction of sp³-hybridized carbons (Fsp3) is 0.333. The first-order valence-electron chi connectivity index (χ1n) is 7.16. The first kappa shape index (κ1) is 15.9. The van der Waals surface area contributed by atoms with Gasteiger partial charge in [-0.3, -0.25) is 23.9 Å². The molecule has 1 fully saturated rings. The summed E-state index contributed by atoms with van der Waals surface area (Å²) in [4.78, 5) is 42.2. The molecular weight excluding hydrogens is 334 g/mol. The molecule has 0 atom stereocenters. The van der Waals surface area contributed by atoms with Gasteiger partial charge in [0, 0.05) is 31.7 Å². The standard InChI is InChI=1S/C15H15N3O3S2/c1-2-6-18-14(21)10-5-8-22-13(10)16-15(18)23-9-7-17-11(19)3-4-12(17)20/h2,5,8H,1,3-4,6-7,9H2. The van der Waals surface area contributed by atoms with Crippen LogP contribution in [0.1, 0.15) is 12.8 Å². The zero-order valence-corrected chi connectivity index (χ0v) is 14.0. The van der Waals surface area contributed by atoms with Gasteiger partial charge < -0.3 is 0 Å². The predicted octanol–water partition coefficient (Wildman–Crippen LogP) is 1.89. The second-order valence-electron chi connectivity index (χ2n) is 5.03. The van der Waals surface area contributed by atoms with E-state index in [-0.39, 0.29) is 17.4 Å². The van der Waals surface area contributed by atoms with Crippen LogP contribution in [0.15, 0.2) is 34.1 Å². The number of aromatic nitrogens is 2. The Bertz CT molecular complexity index is 824. The molecule has 2 aromatic heterocycles. The number of amides is 2. The van der Waals surface area contributed by atoms with E-state index in [1.54, 1.807) is 16.7 Å². The summed E-state index contributed by atoms with van der Waals surface area (Å²) in [5.74, 6) is 0.263. The van der Waals surface area contributed by atoms with Crippen LogP contribution < -0.4 is 5.56 Å². The van der Waals surface area contributed by atoms with Gasteiger partial charge in [0.15, 0.2) is 5.16 Å². The maximum absolute atomic E-state index is 12.5. The third-order valence-corrected chi connectivity index (χ3v) is 5.32. The number of fused-ring (bicyclic) bond motifs is 1. The van der Waals surface area contributed by atoms with Crippen LogP contribution in [0.4, 0.5) is 0 Å². The van der Waals surface area contributed by atoms with Crippen molar-refractivity contribution < 1.29 is 9.59 Å². The van der Waals surface area contributed by atoms with E-state index in [1.165, 1.54) is 28.0 Å². The van der Waals surface area contributed by atoms with Gasteiger partial charge in [-0.15, -0.1) is 17.9 Å². The summed E-state index contributed by atoms with van der Waals surface area (Å²) in [6.07, 6.45) is 2.24. The number of carbonyl (C=O) groups is 2. The second-order valence-corrected chi connectivity index (χ2v) is 6.98. The zero-order valence-electron chi connectivity index (χ0n) is 12.4. The van der Waals surface area contributed by atoms with Gasteiger partial charge in [-0.1, -0.05) is 17.8 Å². The van der Waals surface area contributed by atoms with E-state index >= 15 is 0 Å². The summed E-state index contributed by atoms with van der Waals surface area (Å²) in [7, 11) is 0. The maximum atomic E-state index is 12.5. The van der Waals surface area contributed by atoms with Gasteiger partial charge >= 0.3 is 0 Å². The Morgan fingerprint density at radius 3 is 2.74 bits per heavy atom. The Labute approximate surface area is 140 Å². The molecule has 2 aromatic rings. The molecule has 0 bridgehead atoms. The Morgan fingerprint density at radius 1 is 1.30 bits per heavy atom. The number of rotatable bonds is 6. The molecule has 0 aliphatic carbocycles. The average Bonchev–Trinajstić information content (AvgIpc) is 3.12. The largest absolute Gasteiger partial charge is 0.283 e. The van der Waals surface area contributed by atoms with Gasteiger partial charge in [0.05, 0.1) is 5.39 Å². The summed E-state index contributed by atoms with van der Waals surface area (Å²) in [6, 6.07) is 1.77. The fourth-order valence-electron chi connectivity index (χ4n) is 2.43. The molecule has 1 aliphatic heterocycles. The normalized spacial score (nSPS) is 14.9. The van der Waals surface area contributed by atoms with Crippen molar-refractivity contribution in [1.29, 1.82) is 0 Å². The molecule has 120 valence electrons. The molecule has 0 spiro atoms. The Hall–Kier alpha value is -1.93. The Kier molecular flexibility index (Phi) is 4.63. The van der Waals surface area contributed by atoms with Crippen molar-refractivity contribution in [1.82, 2.24) is 14.5 Å². The van der Waals surface area contributed by atoms with Crippen molar-refractivity contribution in [2.24, 2.45) is 0 Å². The Morgan fingerprint density at radius 2 is 2.04 bits per heavy atom. The number of hydrogen-bond donors (Lipinski definition) is 0. The zero-order chi connectivity index (χ0) is 16.4. The third kappa shape index (κ3) is 3.09. The molecule has 0 N–H and O–H groups in total. The number of thioether (sulfide) groups is 1. The number of likely N-dealkylation sites (tertiary alicyclic amines) is 1. The van der Waals surface area contributed by atoms with E-state index in [0.717, 1.165) is 0 Å². The van der Waals surface area contributed by atoms with Gasteiger partial charge in [0.25, 0.3) is 5.56 Å². The quantitative estimate of drug-likeness (QED) is 0.345. The molecule has 8 heteroatoms. The minimum atomic E-state index is -0.124. The number of carbonyl (C=O) groups excluding carboxylic acids is 2. The van der Waals surface area contributed by atoms with Crippen molar-refractivity contribution in [3.05, 3.63) is 34.5 Å². The summed E-state index contributed by atoms with van der Waals surface area (Å²) < 4.78 is 1.57. The van der Waals surface area contributed by atoms with E-state index in [1.807, 2.05) is 5.38 Å². The van der Waals surface area contributed by atoms with Crippen LogP contribution in [0, 0.1) is 0 Å². The maximum Gasteiger partial charge on any atom is 0.263 e. The van der Waals surface area contributed by atoms with Crippen LogP contribution >= 0.6 is 23.1 Å². The number of allylic oxidation sites excluding steroid dienone is 1. The lowest BCUT2D eigenvalue weighted by atomic mass is 10.4. The highest BCUT2D eigenvalue weighted by molar-refractivity contribution is 7.99. The molecule has 1 saturated heterocycles. The number of hydrogen-bond acceptors (Lipinski definition) is 6. The predicted molar refractivity (Wildman–Crippen MR) is 90.8 cm³/mol. The minimum Gasteiger partial charge on any atom is -0.283 e. The molecule has 0 saturated carbocycles. The average molecular weight is 349 g/mol. The molecule has 0 unspecified atom stereocenters. The topological polar surface area (TPSA) is 72.3 Å². The molecule has 0 aromatic carbocycles. The highest BCUT2D eigenvalue weighted by atomic mass is 32.2. The van der Waals surface area contributed by atoms with E-state index in [9.17, 15) is 14.4 Å². The SMILES string of the molecule is C=CCn1c(SCCN2C(=O)CCC2=O)nc2sccc2c1=O. The number of thiophene rings is 1. The molecule has 3 rings (SSSR count). The van der Waals surface area contributed by atoms with E-state index < -0.39 is 0 Å². The first-order chi connectivity index (χ1) is 11.1. The highest BCUT2D eigenvalue weighted by Crippen LogP contribution is 2.22. The van der Waals surface area contributed by atoms with E-state index in [4.69, 9.17) is 0 Å². The van der Waals surface area contributed by atoms with Gasteiger partial charge in [-0.2, -0.15) is 0 Å². The highest BCUT2D eigenvalue weighted by Gasteiger charge is 2.28. The van der Waals surface area contributed by atoms with Crippen LogP contribution in [0.3, 0.4) is 0 Å². The molecule has 23 heavy (non-hydrogen) atoms. The van der Waals surface area contributed by atoms with Gasteiger partial charge in [0.1, 0.15) is 4.83 Å². The fourth-order valence-corrected chi connectivity index (χ4v) is 4.17. The number of imide groups is 1. The van der Waals surface area contributed by atoms with E-state index in [2.05, 4.69) is 11.6 Å². The van der Waals surface area contributed by atoms with Crippen molar-refractivity contribution in [2.45, 2.75) is 24.5 Å². The number of nitrogens with zero attached hydrogens (tertiary/aromatic N) is 3. The second kappa shape index (κ2) is 6.67. The first-order valence-corrected chi connectivity index (χ1v) is 9.03. The summed E-state index contributed by atoms with van der Waals surface area (Å²) in [5, 5.41) is 3.03. The lowest BCUT2D eigenvalue weighted by molar-refractivity contribution is -0.137. The minimum absolute atomic E-state index is 0.0908. The van der Waals surface area contributed by atoms with Crippen molar-refractivity contribution in [3.8, 4) is 0 Å². The van der Waals surface area contributed by atoms with Crippen LogP contribution in [-0.2, 0) is 16.1 Å². The van der Waals surface area contributed by atoms with Crippen molar-refractivity contribution >= 4 is 45.1 Å². The lowest BCUT2D eigenvalue weighted by Gasteiger charge is -2.14. The molecule has 3 heterocycles. The Balaban J connectivity index is 1.80. The van der Waals surface area contributed by atoms with Crippen LogP contribution in [0.5, 0.6) is 0 Å². The smallest absolute Gasteiger partial charge is 0.263 e. The third-order valence-electron chi connectivity index (χ3n) is 3.56. The van der Waals surface area contributed by atoms with Crippen LogP contribution in [0.25, 0.3) is 10.2 Å².